The molecule has 11 aromatic rings. The number of aryl methyl sites for hydroxylation is 4. The maximum atomic E-state index is 2.55. The van der Waals surface area contributed by atoms with Gasteiger partial charge in [-0.25, -0.2) is 4.90 Å². The quantitative estimate of drug-likeness (QED) is 0.180. The Hall–Kier alpha value is -7.66. The van der Waals surface area contributed by atoms with Crippen LogP contribution in [0.3, 0.4) is 0 Å². The average molecular weight is 796 g/mol. The molecule has 2 aliphatic heterocycles. The van der Waals surface area contributed by atoms with Crippen molar-refractivity contribution in [2.75, 3.05) is 9.80 Å². The van der Waals surface area contributed by atoms with Crippen molar-refractivity contribution < 1.29 is 4.90 Å². The highest BCUT2D eigenvalue weighted by molar-refractivity contribution is 6.27. The van der Waals surface area contributed by atoms with Crippen molar-refractivity contribution in [3.05, 3.63) is 204 Å². The van der Waals surface area contributed by atoms with Gasteiger partial charge >= 0.3 is 0 Å². The van der Waals surface area contributed by atoms with Crippen LogP contribution < -0.4 is 14.7 Å². The van der Waals surface area contributed by atoms with Gasteiger partial charge in [-0.15, -0.1) is 0 Å². The smallest absolute Gasteiger partial charge is 0.157 e. The van der Waals surface area contributed by atoms with Crippen molar-refractivity contribution in [2.24, 2.45) is 0 Å². The monoisotopic (exact) mass is 795 g/mol. The van der Waals surface area contributed by atoms with E-state index in [1.807, 2.05) is 0 Å². The van der Waals surface area contributed by atoms with E-state index in [0.717, 1.165) is 11.4 Å². The van der Waals surface area contributed by atoms with E-state index in [2.05, 4.69) is 224 Å². The first kappa shape index (κ1) is 35.1. The zero-order chi connectivity index (χ0) is 41.4. The van der Waals surface area contributed by atoms with E-state index in [1.54, 1.807) is 0 Å². The van der Waals surface area contributed by atoms with Crippen LogP contribution in [-0.2, 0) is 0 Å². The lowest BCUT2D eigenvalue weighted by Gasteiger charge is -2.29. The minimum absolute atomic E-state index is 1.15. The Balaban J connectivity index is 1.04. The molecule has 1 atom stereocenters. The van der Waals surface area contributed by atoms with Crippen molar-refractivity contribution in [3.63, 3.8) is 0 Å². The normalized spacial score (nSPS) is 13.6. The highest BCUT2D eigenvalue weighted by Crippen LogP contribution is 2.56. The molecule has 2 aliphatic rings. The molecule has 1 N–H and O–H groups in total. The first-order chi connectivity index (χ1) is 30.4. The van der Waals surface area contributed by atoms with Crippen LogP contribution in [0.4, 0.5) is 51.2 Å². The van der Waals surface area contributed by atoms with Crippen molar-refractivity contribution in [1.82, 2.24) is 4.40 Å². The largest absolute Gasteiger partial charge is 0.310 e. The number of nitrogens with zero attached hydrogens (tertiary/aromatic N) is 3. The molecule has 1 unspecified atom stereocenters. The Kier molecular flexibility index (Phi) is 7.32. The topological polar surface area (TPSA) is 15.3 Å². The van der Waals surface area contributed by atoms with Crippen molar-refractivity contribution in [2.45, 2.75) is 27.7 Å². The number of hydrogen-bond acceptors (Lipinski definition) is 2. The van der Waals surface area contributed by atoms with E-state index in [0.29, 0.717) is 0 Å². The number of fused-ring (bicyclic) bond motifs is 12. The summed E-state index contributed by atoms with van der Waals surface area (Å²) in [5.41, 5.74) is 25.0. The minimum Gasteiger partial charge on any atom is -0.310 e. The summed E-state index contributed by atoms with van der Waals surface area (Å²) in [7, 11) is 0. The Morgan fingerprint density at radius 2 is 1.00 bits per heavy atom. The number of rotatable bonds is 6. The lowest BCUT2D eigenvalue weighted by molar-refractivity contribution is -0.672. The predicted molar refractivity (Wildman–Crippen MR) is 260 cm³/mol. The fourth-order valence-corrected chi connectivity index (χ4v) is 10.9. The van der Waals surface area contributed by atoms with Crippen LogP contribution in [0, 0.1) is 27.7 Å². The number of anilines is 6. The Bertz CT molecular complexity index is 3640. The molecule has 0 saturated heterocycles. The Morgan fingerprint density at radius 1 is 0.403 bits per heavy atom. The molecule has 2 aromatic heterocycles. The van der Waals surface area contributed by atoms with Gasteiger partial charge in [0.2, 0.25) is 0 Å². The van der Waals surface area contributed by atoms with E-state index < -0.39 is 0 Å². The molecule has 0 saturated carbocycles. The molecule has 0 aliphatic carbocycles. The molecule has 13 rings (SSSR count). The fourth-order valence-electron chi connectivity index (χ4n) is 10.9. The SMILES string of the molecule is Cc1ccc(C)c(N(c2ccccc2)c2cccc3c2-c2cccc4c2[NH+]3c2cc3c5cccc6c7c(N(c8ccccc8)c8cc(C)ccc8C)cccc7n(c3cc2-4)c56)c1. The maximum Gasteiger partial charge on any atom is 0.157 e. The number of para-hydroxylation sites is 4. The first-order valence-corrected chi connectivity index (χ1v) is 21.7. The van der Waals surface area contributed by atoms with Crippen molar-refractivity contribution >= 4 is 89.3 Å². The lowest BCUT2D eigenvalue weighted by atomic mass is 9.96. The summed E-state index contributed by atoms with van der Waals surface area (Å²) >= 11 is 0. The molecule has 4 heterocycles. The molecule has 0 amide bonds. The Labute approximate surface area is 361 Å². The third-order valence-corrected chi connectivity index (χ3v) is 13.6. The molecule has 0 fully saturated rings. The van der Waals surface area contributed by atoms with E-state index in [1.165, 1.54) is 127 Å². The third kappa shape index (κ3) is 4.75. The average Bonchev–Trinajstić information content (AvgIpc) is 4.03. The number of nitrogens with one attached hydrogen (secondary N) is 1. The highest BCUT2D eigenvalue weighted by Gasteiger charge is 2.45. The molecular weight excluding hydrogens is 753 g/mol. The molecule has 0 spiro atoms. The van der Waals surface area contributed by atoms with Gasteiger partial charge in [-0.3, -0.25) is 0 Å². The van der Waals surface area contributed by atoms with Gasteiger partial charge < -0.3 is 14.2 Å². The van der Waals surface area contributed by atoms with Gasteiger partial charge in [0.25, 0.3) is 0 Å². The summed E-state index contributed by atoms with van der Waals surface area (Å²) in [5.74, 6) is 0. The number of aromatic nitrogens is 1. The summed E-state index contributed by atoms with van der Waals surface area (Å²) in [6.07, 6.45) is 0. The zero-order valence-corrected chi connectivity index (χ0v) is 35.2. The minimum atomic E-state index is 1.15. The molecule has 4 nitrogen and oxygen atoms in total. The summed E-state index contributed by atoms with van der Waals surface area (Å²) in [6.45, 7) is 8.82. The second kappa shape index (κ2) is 12.9. The molecule has 9 aromatic carbocycles. The molecular formula is C58H43N4+. The highest BCUT2D eigenvalue weighted by atomic mass is 15.2. The first-order valence-electron chi connectivity index (χ1n) is 21.7. The van der Waals surface area contributed by atoms with Crippen LogP contribution in [0.5, 0.6) is 0 Å². The standard InChI is InChI=1S/C58H42N4/c1-35-27-29-37(3)51(31-35)59(39-15-7-5-8-16-39)47-23-13-25-49-55(47)43-21-11-19-41-45-34-54-46(33-53(45)61(49)57(41)43)42-20-12-22-44-56-48(24-14-26-50(56)62(54)58(42)44)60(40-17-9-6-10-18-40)52-32-36(2)28-30-38(52)4/h5-34H,1-4H3/p+1. The Morgan fingerprint density at radius 3 is 1.71 bits per heavy atom. The molecule has 0 bridgehead atoms. The van der Waals surface area contributed by atoms with Crippen molar-refractivity contribution in [1.29, 1.82) is 0 Å². The van der Waals surface area contributed by atoms with Gasteiger partial charge in [-0.05, 0) is 123 Å². The van der Waals surface area contributed by atoms with Gasteiger partial charge in [0.05, 0.1) is 50.2 Å². The van der Waals surface area contributed by atoms with Crippen LogP contribution in [0.25, 0.3) is 60.3 Å². The summed E-state index contributed by atoms with van der Waals surface area (Å²) < 4.78 is 2.55. The molecule has 294 valence electrons. The van der Waals surface area contributed by atoms with Gasteiger partial charge in [0.15, 0.2) is 11.4 Å². The molecule has 0 radical (unpaired) electrons. The summed E-state index contributed by atoms with van der Waals surface area (Å²) in [4.78, 5) is 6.28. The second-order valence-corrected chi connectivity index (χ2v) is 17.3. The number of quaternary nitrogens is 1. The van der Waals surface area contributed by atoms with Crippen LogP contribution in [-0.4, -0.2) is 4.40 Å². The number of hydrogen-bond donors (Lipinski definition) is 1. The zero-order valence-electron chi connectivity index (χ0n) is 35.2. The fraction of sp³-hybridized carbons (Fsp3) is 0.0690. The van der Waals surface area contributed by atoms with Gasteiger partial charge in [-0.2, -0.15) is 0 Å². The van der Waals surface area contributed by atoms with Crippen LogP contribution in [0.15, 0.2) is 182 Å². The molecule has 4 heteroatoms. The van der Waals surface area contributed by atoms with Crippen LogP contribution in [0.1, 0.15) is 22.3 Å². The van der Waals surface area contributed by atoms with Crippen LogP contribution >= 0.6 is 0 Å². The van der Waals surface area contributed by atoms with E-state index in [-0.39, 0.29) is 0 Å². The maximum absolute atomic E-state index is 2.55. The predicted octanol–water partition coefficient (Wildman–Crippen LogP) is 15.2. The van der Waals surface area contributed by atoms with Crippen LogP contribution in [0.2, 0.25) is 0 Å². The van der Waals surface area contributed by atoms with E-state index >= 15 is 0 Å². The van der Waals surface area contributed by atoms with Gasteiger partial charge in [0, 0.05) is 56.4 Å². The third-order valence-electron chi connectivity index (χ3n) is 13.6. The number of benzene rings is 9. The summed E-state index contributed by atoms with van der Waals surface area (Å²) in [6, 6.07) is 67.9. The second-order valence-electron chi connectivity index (χ2n) is 17.3. The lowest BCUT2D eigenvalue weighted by Crippen LogP contribution is -2.94. The van der Waals surface area contributed by atoms with E-state index in [9.17, 15) is 0 Å². The van der Waals surface area contributed by atoms with E-state index in [4.69, 9.17) is 0 Å². The van der Waals surface area contributed by atoms with Gasteiger partial charge in [-0.1, -0.05) is 97.1 Å². The van der Waals surface area contributed by atoms with Gasteiger partial charge in [0.1, 0.15) is 5.69 Å². The van der Waals surface area contributed by atoms with Crippen molar-refractivity contribution in [3.8, 4) is 22.3 Å². The summed E-state index contributed by atoms with van der Waals surface area (Å²) in [5, 5.41) is 5.12. The molecule has 62 heavy (non-hydrogen) atoms.